The van der Waals surface area contributed by atoms with Crippen molar-refractivity contribution in [3.63, 3.8) is 0 Å². The van der Waals surface area contributed by atoms with E-state index >= 15 is 0 Å². The van der Waals surface area contributed by atoms with Gasteiger partial charge >= 0.3 is 6.18 Å². The SMILES string of the molecule is CCC(O)Nc1ccc2[nH]c(=O)cc(C(F)(F)F)c2c1. The number of aliphatic hydroxyl groups is 1. The molecule has 0 fully saturated rings. The molecule has 20 heavy (non-hydrogen) atoms. The fourth-order valence-electron chi connectivity index (χ4n) is 1.87. The van der Waals surface area contributed by atoms with Crippen LogP contribution in [0.2, 0.25) is 0 Å². The van der Waals surface area contributed by atoms with Gasteiger partial charge in [-0.25, -0.2) is 0 Å². The Bertz CT molecular complexity index is 679. The van der Waals surface area contributed by atoms with Gasteiger partial charge in [-0.05, 0) is 24.6 Å². The third-order valence-electron chi connectivity index (χ3n) is 2.87. The quantitative estimate of drug-likeness (QED) is 0.760. The lowest BCUT2D eigenvalue weighted by Gasteiger charge is -2.14. The van der Waals surface area contributed by atoms with Crippen LogP contribution in [0.4, 0.5) is 18.9 Å². The van der Waals surface area contributed by atoms with Crippen molar-refractivity contribution in [3.05, 3.63) is 40.2 Å². The number of aliphatic hydroxyl groups excluding tert-OH is 1. The van der Waals surface area contributed by atoms with Crippen molar-refractivity contribution in [2.45, 2.75) is 25.7 Å². The molecule has 0 aliphatic carbocycles. The first-order valence-electron chi connectivity index (χ1n) is 6.00. The van der Waals surface area contributed by atoms with E-state index in [2.05, 4.69) is 10.3 Å². The molecule has 1 aromatic carbocycles. The summed E-state index contributed by atoms with van der Waals surface area (Å²) in [5.41, 5.74) is -1.35. The third kappa shape index (κ3) is 2.93. The fourth-order valence-corrected chi connectivity index (χ4v) is 1.87. The maximum atomic E-state index is 12.9. The van der Waals surface area contributed by atoms with Gasteiger partial charge in [-0.15, -0.1) is 0 Å². The van der Waals surface area contributed by atoms with Gasteiger partial charge < -0.3 is 15.4 Å². The van der Waals surface area contributed by atoms with Crippen LogP contribution >= 0.6 is 0 Å². The fraction of sp³-hybridized carbons (Fsp3) is 0.308. The predicted molar refractivity (Wildman–Crippen MR) is 69.5 cm³/mol. The summed E-state index contributed by atoms with van der Waals surface area (Å²) in [6.07, 6.45) is -5.05. The first kappa shape index (κ1) is 14.4. The van der Waals surface area contributed by atoms with Crippen LogP contribution in [0.15, 0.2) is 29.1 Å². The number of rotatable bonds is 3. The number of hydrogen-bond donors (Lipinski definition) is 3. The van der Waals surface area contributed by atoms with E-state index in [1.165, 1.54) is 18.2 Å². The topological polar surface area (TPSA) is 65.1 Å². The molecule has 1 heterocycles. The molecule has 3 N–H and O–H groups in total. The standard InChI is InChI=1S/C13H13F3N2O2/c1-2-11(19)17-7-3-4-10-8(5-7)9(13(14,15)16)6-12(20)18-10/h3-6,11,17,19H,2H2,1H3,(H,18,20). The van der Waals surface area contributed by atoms with Gasteiger partial charge in [-0.1, -0.05) is 6.92 Å². The molecule has 0 spiro atoms. The van der Waals surface area contributed by atoms with Crippen molar-refractivity contribution in [1.29, 1.82) is 0 Å². The smallest absolute Gasteiger partial charge is 0.374 e. The van der Waals surface area contributed by atoms with E-state index in [1.54, 1.807) is 6.92 Å². The summed E-state index contributed by atoms with van der Waals surface area (Å²) >= 11 is 0. The van der Waals surface area contributed by atoms with Crippen LogP contribution in [-0.4, -0.2) is 16.3 Å². The van der Waals surface area contributed by atoms with Crippen molar-refractivity contribution in [1.82, 2.24) is 4.98 Å². The molecular weight excluding hydrogens is 273 g/mol. The molecule has 0 aliphatic heterocycles. The number of pyridine rings is 1. The lowest BCUT2D eigenvalue weighted by Crippen LogP contribution is -2.17. The molecule has 1 unspecified atom stereocenters. The average molecular weight is 286 g/mol. The van der Waals surface area contributed by atoms with E-state index in [0.717, 1.165) is 0 Å². The van der Waals surface area contributed by atoms with E-state index < -0.39 is 23.5 Å². The number of benzene rings is 1. The molecule has 108 valence electrons. The maximum absolute atomic E-state index is 12.9. The molecule has 0 radical (unpaired) electrons. The summed E-state index contributed by atoms with van der Waals surface area (Å²) in [7, 11) is 0. The minimum Gasteiger partial charge on any atom is -0.374 e. The van der Waals surface area contributed by atoms with Crippen LogP contribution in [0, 0.1) is 0 Å². The summed E-state index contributed by atoms with van der Waals surface area (Å²) in [6.45, 7) is 1.73. The molecular formula is C13H13F3N2O2. The number of fused-ring (bicyclic) bond motifs is 1. The van der Waals surface area contributed by atoms with Gasteiger partial charge in [0.25, 0.3) is 0 Å². The summed E-state index contributed by atoms with van der Waals surface area (Å²) in [5.74, 6) is 0. The van der Waals surface area contributed by atoms with Crippen molar-refractivity contribution < 1.29 is 18.3 Å². The number of aromatic amines is 1. The summed E-state index contributed by atoms with van der Waals surface area (Å²) in [5, 5.41) is 12.0. The Morgan fingerprint density at radius 2 is 2.05 bits per heavy atom. The van der Waals surface area contributed by atoms with E-state index in [4.69, 9.17) is 0 Å². The Balaban J connectivity index is 2.60. The number of H-pyrrole nitrogens is 1. The lowest BCUT2D eigenvalue weighted by molar-refractivity contribution is -0.136. The van der Waals surface area contributed by atoms with Crippen LogP contribution < -0.4 is 10.9 Å². The molecule has 2 aromatic rings. The largest absolute Gasteiger partial charge is 0.417 e. The first-order chi connectivity index (χ1) is 9.31. The molecule has 7 heteroatoms. The second-order valence-electron chi connectivity index (χ2n) is 4.37. The van der Waals surface area contributed by atoms with Gasteiger partial charge in [0.1, 0.15) is 6.23 Å². The van der Waals surface area contributed by atoms with Crippen LogP contribution in [0.25, 0.3) is 10.9 Å². The number of aromatic nitrogens is 1. The number of alkyl halides is 3. The Hall–Kier alpha value is -2.02. The minimum atomic E-state index is -4.62. The first-order valence-corrected chi connectivity index (χ1v) is 6.00. The van der Waals surface area contributed by atoms with Gasteiger partial charge in [0, 0.05) is 22.7 Å². The molecule has 0 saturated carbocycles. The predicted octanol–water partition coefficient (Wildman–Crippen LogP) is 2.69. The van der Waals surface area contributed by atoms with Crippen LogP contribution in [-0.2, 0) is 6.18 Å². The lowest BCUT2D eigenvalue weighted by atomic mass is 10.1. The molecule has 0 amide bonds. The molecule has 0 aliphatic rings. The number of hydrogen-bond acceptors (Lipinski definition) is 3. The minimum absolute atomic E-state index is 0.0985. The Morgan fingerprint density at radius 3 is 2.65 bits per heavy atom. The molecule has 1 aromatic heterocycles. The van der Waals surface area contributed by atoms with E-state index in [0.29, 0.717) is 18.2 Å². The third-order valence-corrected chi connectivity index (χ3v) is 2.87. The highest BCUT2D eigenvalue weighted by Gasteiger charge is 2.33. The van der Waals surface area contributed by atoms with Crippen LogP contribution in [0.1, 0.15) is 18.9 Å². The highest BCUT2D eigenvalue weighted by molar-refractivity contribution is 5.85. The average Bonchev–Trinajstić information content (AvgIpc) is 2.37. The van der Waals surface area contributed by atoms with Gasteiger partial charge in [0.2, 0.25) is 5.56 Å². The summed E-state index contributed by atoms with van der Waals surface area (Å²) in [4.78, 5) is 13.6. The maximum Gasteiger partial charge on any atom is 0.417 e. The van der Waals surface area contributed by atoms with E-state index in [1.807, 2.05) is 0 Å². The van der Waals surface area contributed by atoms with Gasteiger partial charge in [-0.2, -0.15) is 13.2 Å². The van der Waals surface area contributed by atoms with Gasteiger partial charge in [0.15, 0.2) is 0 Å². The zero-order chi connectivity index (χ0) is 14.9. The van der Waals surface area contributed by atoms with Crippen LogP contribution in [0.5, 0.6) is 0 Å². The Morgan fingerprint density at radius 1 is 1.35 bits per heavy atom. The monoisotopic (exact) mass is 286 g/mol. The number of anilines is 1. The Labute approximate surface area is 112 Å². The molecule has 0 bridgehead atoms. The Kier molecular flexibility index (Phi) is 3.71. The van der Waals surface area contributed by atoms with Crippen molar-refractivity contribution in [2.75, 3.05) is 5.32 Å². The van der Waals surface area contributed by atoms with Crippen molar-refractivity contribution in [3.8, 4) is 0 Å². The normalized spacial score (nSPS) is 13.4. The van der Waals surface area contributed by atoms with E-state index in [-0.39, 0.29) is 10.9 Å². The molecule has 2 rings (SSSR count). The van der Waals surface area contributed by atoms with Crippen molar-refractivity contribution in [2.24, 2.45) is 0 Å². The zero-order valence-corrected chi connectivity index (χ0v) is 10.6. The highest BCUT2D eigenvalue weighted by atomic mass is 19.4. The molecule has 4 nitrogen and oxygen atoms in total. The molecule has 0 saturated heterocycles. The summed E-state index contributed by atoms with van der Waals surface area (Å²) < 4.78 is 38.8. The van der Waals surface area contributed by atoms with Gasteiger partial charge in [0.05, 0.1) is 5.56 Å². The second kappa shape index (κ2) is 5.16. The number of nitrogens with one attached hydrogen (secondary N) is 2. The van der Waals surface area contributed by atoms with E-state index in [9.17, 15) is 23.1 Å². The highest BCUT2D eigenvalue weighted by Crippen LogP contribution is 2.34. The summed E-state index contributed by atoms with van der Waals surface area (Å²) in [6, 6.07) is 4.66. The molecule has 1 atom stereocenters. The van der Waals surface area contributed by atoms with Crippen molar-refractivity contribution >= 4 is 16.6 Å². The zero-order valence-electron chi connectivity index (χ0n) is 10.6. The van der Waals surface area contributed by atoms with Crippen LogP contribution in [0.3, 0.4) is 0 Å². The number of halogens is 3. The van der Waals surface area contributed by atoms with Gasteiger partial charge in [-0.3, -0.25) is 4.79 Å². The second-order valence-corrected chi connectivity index (χ2v) is 4.37.